The van der Waals surface area contributed by atoms with Crippen LogP contribution in [0.1, 0.15) is 18.9 Å². The molecule has 0 fully saturated rings. The first-order chi connectivity index (χ1) is 9.13. The zero-order valence-electron chi connectivity index (χ0n) is 10.3. The maximum Gasteiger partial charge on any atom is 0.471 e. The van der Waals surface area contributed by atoms with Crippen LogP contribution in [0.5, 0.6) is 0 Å². The van der Waals surface area contributed by atoms with Gasteiger partial charge in [0, 0.05) is 5.02 Å². The highest BCUT2D eigenvalue weighted by Gasteiger charge is 2.47. The van der Waals surface area contributed by atoms with Crippen molar-refractivity contribution in [1.29, 1.82) is 0 Å². The molecule has 0 spiro atoms. The van der Waals surface area contributed by atoms with Crippen molar-refractivity contribution < 1.29 is 27.9 Å². The first kappa shape index (κ1) is 16.3. The van der Waals surface area contributed by atoms with Crippen LogP contribution in [0, 0.1) is 0 Å². The minimum atomic E-state index is -5.16. The van der Waals surface area contributed by atoms with E-state index in [1.165, 1.54) is 31.2 Å². The van der Waals surface area contributed by atoms with Gasteiger partial charge in [0.15, 0.2) is 5.54 Å². The Bertz CT molecular complexity index is 516. The van der Waals surface area contributed by atoms with Gasteiger partial charge in [0.1, 0.15) is 0 Å². The largest absolute Gasteiger partial charge is 0.479 e. The third-order valence-electron chi connectivity index (χ3n) is 2.82. The van der Waals surface area contributed by atoms with Gasteiger partial charge in [0.2, 0.25) is 0 Å². The summed E-state index contributed by atoms with van der Waals surface area (Å²) in [7, 11) is 0. The second kappa shape index (κ2) is 5.70. The molecule has 0 aliphatic carbocycles. The van der Waals surface area contributed by atoms with Gasteiger partial charge in [-0.1, -0.05) is 30.7 Å². The molecule has 2 N–H and O–H groups in total. The molecule has 0 aromatic heterocycles. The van der Waals surface area contributed by atoms with Gasteiger partial charge in [-0.25, -0.2) is 4.79 Å². The lowest BCUT2D eigenvalue weighted by Crippen LogP contribution is -2.55. The van der Waals surface area contributed by atoms with E-state index in [-0.39, 0.29) is 12.0 Å². The molecule has 20 heavy (non-hydrogen) atoms. The average Bonchev–Trinajstić information content (AvgIpc) is 2.35. The van der Waals surface area contributed by atoms with Crippen molar-refractivity contribution in [3.63, 3.8) is 0 Å². The molecule has 0 saturated carbocycles. The van der Waals surface area contributed by atoms with Crippen LogP contribution in [-0.4, -0.2) is 23.2 Å². The number of halogens is 4. The lowest BCUT2D eigenvalue weighted by molar-refractivity contribution is -0.178. The molecular weight excluding hydrogens is 299 g/mol. The van der Waals surface area contributed by atoms with Crippen molar-refractivity contribution in [2.24, 2.45) is 0 Å². The number of nitrogens with one attached hydrogen (secondary N) is 1. The number of amides is 1. The normalized spacial score (nSPS) is 14.4. The highest BCUT2D eigenvalue weighted by atomic mass is 35.5. The number of benzene rings is 1. The summed E-state index contributed by atoms with van der Waals surface area (Å²) in [5, 5.41) is 11.1. The van der Waals surface area contributed by atoms with E-state index in [4.69, 9.17) is 11.6 Å². The third-order valence-corrected chi connectivity index (χ3v) is 3.07. The monoisotopic (exact) mass is 309 g/mol. The van der Waals surface area contributed by atoms with Crippen molar-refractivity contribution in [2.45, 2.75) is 25.1 Å². The Labute approximate surface area is 117 Å². The molecule has 0 aliphatic rings. The van der Waals surface area contributed by atoms with Gasteiger partial charge in [-0.15, -0.1) is 0 Å². The molecule has 1 rings (SSSR count). The third kappa shape index (κ3) is 3.22. The average molecular weight is 310 g/mol. The molecule has 0 heterocycles. The lowest BCUT2D eigenvalue weighted by Gasteiger charge is -2.30. The van der Waals surface area contributed by atoms with Crippen molar-refractivity contribution in [2.75, 3.05) is 0 Å². The minimum absolute atomic E-state index is 0.00880. The molecule has 0 radical (unpaired) electrons. The highest BCUT2D eigenvalue weighted by Crippen LogP contribution is 2.28. The smallest absolute Gasteiger partial charge is 0.471 e. The van der Waals surface area contributed by atoms with E-state index >= 15 is 0 Å². The summed E-state index contributed by atoms with van der Waals surface area (Å²) in [4.78, 5) is 22.4. The van der Waals surface area contributed by atoms with E-state index in [0.29, 0.717) is 5.02 Å². The number of hydrogen-bond acceptors (Lipinski definition) is 2. The Morgan fingerprint density at radius 3 is 2.10 bits per heavy atom. The molecular formula is C12H11ClF3NO3. The number of carboxylic acids is 1. The molecule has 0 aliphatic heterocycles. The van der Waals surface area contributed by atoms with Crippen molar-refractivity contribution in [3.05, 3.63) is 34.9 Å². The van der Waals surface area contributed by atoms with E-state index < -0.39 is 23.6 Å². The predicted octanol–water partition coefficient (Wildman–Crippen LogP) is 2.71. The second-order valence-corrected chi connectivity index (χ2v) is 4.46. The Balaban J connectivity index is 3.26. The van der Waals surface area contributed by atoms with E-state index in [2.05, 4.69) is 0 Å². The Morgan fingerprint density at radius 2 is 1.75 bits per heavy atom. The summed E-state index contributed by atoms with van der Waals surface area (Å²) in [6.45, 7) is 1.36. The topological polar surface area (TPSA) is 66.4 Å². The summed E-state index contributed by atoms with van der Waals surface area (Å²) >= 11 is 5.65. The standard InChI is InChI=1S/C12H11ClF3NO3/c1-2-11(10(19)20,17-9(18)12(14,15)16)7-3-5-8(13)6-4-7/h3-6H,2H2,1H3,(H,17,18)(H,19,20). The van der Waals surface area contributed by atoms with Crippen LogP contribution in [0.4, 0.5) is 13.2 Å². The SMILES string of the molecule is CCC(NC(=O)C(F)(F)F)(C(=O)O)c1ccc(Cl)cc1. The lowest BCUT2D eigenvalue weighted by atomic mass is 9.87. The summed E-state index contributed by atoms with van der Waals surface area (Å²) in [5.41, 5.74) is -2.15. The van der Waals surface area contributed by atoms with Gasteiger partial charge < -0.3 is 10.4 Å². The van der Waals surface area contributed by atoms with Gasteiger partial charge in [0.05, 0.1) is 0 Å². The number of alkyl halides is 3. The first-order valence-corrected chi connectivity index (χ1v) is 5.90. The summed E-state index contributed by atoms with van der Waals surface area (Å²) in [6.07, 6.45) is -5.42. The maximum atomic E-state index is 12.3. The van der Waals surface area contributed by atoms with Crippen molar-refractivity contribution >= 4 is 23.5 Å². The first-order valence-electron chi connectivity index (χ1n) is 5.52. The van der Waals surface area contributed by atoms with Crippen LogP contribution >= 0.6 is 11.6 Å². The summed E-state index contributed by atoms with van der Waals surface area (Å²) in [6, 6.07) is 5.20. The number of hydrogen-bond donors (Lipinski definition) is 2. The fourth-order valence-corrected chi connectivity index (χ4v) is 1.82. The van der Waals surface area contributed by atoms with Crippen LogP contribution in [0.2, 0.25) is 5.02 Å². The Hall–Kier alpha value is -1.76. The molecule has 1 atom stereocenters. The molecule has 1 unspecified atom stereocenters. The second-order valence-electron chi connectivity index (χ2n) is 4.02. The van der Waals surface area contributed by atoms with Crippen molar-refractivity contribution in [3.8, 4) is 0 Å². The number of aliphatic carboxylic acids is 1. The molecule has 1 aromatic carbocycles. The molecule has 8 heteroatoms. The summed E-state index contributed by atoms with van der Waals surface area (Å²) < 4.78 is 37.0. The molecule has 4 nitrogen and oxygen atoms in total. The van der Waals surface area contributed by atoms with Crippen LogP contribution in [0.15, 0.2) is 24.3 Å². The van der Waals surface area contributed by atoms with Gasteiger partial charge in [-0.05, 0) is 24.1 Å². The van der Waals surface area contributed by atoms with Gasteiger partial charge in [-0.2, -0.15) is 13.2 Å². The fourth-order valence-electron chi connectivity index (χ4n) is 1.69. The number of carboxylic acid groups (broad SMARTS) is 1. The quantitative estimate of drug-likeness (QED) is 0.898. The predicted molar refractivity (Wildman–Crippen MR) is 65.3 cm³/mol. The number of rotatable bonds is 4. The van der Waals surface area contributed by atoms with Crippen LogP contribution in [0.3, 0.4) is 0 Å². The van der Waals surface area contributed by atoms with E-state index in [1.54, 1.807) is 5.32 Å². The van der Waals surface area contributed by atoms with Gasteiger partial charge in [-0.3, -0.25) is 4.79 Å². The van der Waals surface area contributed by atoms with Gasteiger partial charge >= 0.3 is 18.1 Å². The molecule has 1 aromatic rings. The zero-order valence-corrected chi connectivity index (χ0v) is 11.0. The van der Waals surface area contributed by atoms with Gasteiger partial charge in [0.25, 0.3) is 0 Å². The van der Waals surface area contributed by atoms with Crippen LogP contribution in [0.25, 0.3) is 0 Å². The molecule has 0 bridgehead atoms. The fraction of sp³-hybridized carbons (Fsp3) is 0.333. The zero-order chi connectivity index (χ0) is 15.6. The highest BCUT2D eigenvalue weighted by molar-refractivity contribution is 6.30. The minimum Gasteiger partial charge on any atom is -0.479 e. The Morgan fingerprint density at radius 1 is 1.25 bits per heavy atom. The van der Waals surface area contributed by atoms with Crippen LogP contribution in [-0.2, 0) is 15.1 Å². The van der Waals surface area contributed by atoms with E-state index in [0.717, 1.165) is 0 Å². The molecule has 1 amide bonds. The maximum absolute atomic E-state index is 12.3. The molecule has 110 valence electrons. The van der Waals surface area contributed by atoms with E-state index in [9.17, 15) is 27.9 Å². The van der Waals surface area contributed by atoms with Crippen molar-refractivity contribution in [1.82, 2.24) is 5.32 Å². The number of carbonyl (C=O) groups excluding carboxylic acids is 1. The van der Waals surface area contributed by atoms with Crippen LogP contribution < -0.4 is 5.32 Å². The number of carbonyl (C=O) groups is 2. The van der Waals surface area contributed by atoms with E-state index in [1.807, 2.05) is 0 Å². The Kier molecular flexibility index (Phi) is 4.65. The molecule has 0 saturated heterocycles. The summed E-state index contributed by atoms with van der Waals surface area (Å²) in [5.74, 6) is -3.89.